The van der Waals surface area contributed by atoms with E-state index in [0.29, 0.717) is 20.7 Å². The molecule has 10 heteroatoms. The maximum atomic E-state index is 13.8. The molecule has 6 nitrogen and oxygen atoms in total. The minimum absolute atomic E-state index is 0.0760. The smallest absolute Gasteiger partial charge is 0.323 e. The Morgan fingerprint density at radius 3 is 2.45 bits per heavy atom. The Morgan fingerprint density at radius 2 is 1.88 bits per heavy atom. The number of esters is 1. The van der Waals surface area contributed by atoms with Crippen molar-refractivity contribution in [2.24, 2.45) is 5.41 Å². The highest BCUT2D eigenvalue weighted by Gasteiger charge is 2.68. The molecule has 1 aromatic carbocycles. The number of thiazole rings is 1. The molecule has 1 fully saturated rings. The molecule has 0 N–H and O–H groups in total. The highest BCUT2D eigenvalue weighted by molar-refractivity contribution is 7.15. The third kappa shape index (κ3) is 5.04. The largest absolute Gasteiger partial charge is 0.464 e. The molecule has 3 aromatic rings. The standard InChI is InChI=1S/C23H20ClF2N3O3S/c1-22(13-23(22,25)26)14-32-20(31)18(15-7-3-2-4-8-15)19(30)29(17-9-5-6-10-27-17)12-16-11-28-21(24)33-16/h2-11,18H,12-14H2,1H3. The van der Waals surface area contributed by atoms with Crippen molar-refractivity contribution in [1.29, 1.82) is 0 Å². The minimum Gasteiger partial charge on any atom is -0.464 e. The lowest BCUT2D eigenvalue weighted by molar-refractivity contribution is -0.150. The molecule has 0 radical (unpaired) electrons. The molecule has 1 aliphatic carbocycles. The van der Waals surface area contributed by atoms with Gasteiger partial charge in [-0.3, -0.25) is 14.5 Å². The van der Waals surface area contributed by atoms with Crippen LogP contribution in [-0.2, 0) is 20.9 Å². The fraction of sp³-hybridized carbons (Fsp3) is 0.304. The number of halogens is 3. The van der Waals surface area contributed by atoms with Crippen molar-refractivity contribution in [1.82, 2.24) is 9.97 Å². The Kier molecular flexibility index (Phi) is 6.45. The van der Waals surface area contributed by atoms with E-state index in [2.05, 4.69) is 9.97 Å². The lowest BCUT2D eigenvalue weighted by atomic mass is 9.97. The Morgan fingerprint density at radius 1 is 1.18 bits per heavy atom. The third-order valence-corrected chi connectivity index (χ3v) is 6.65. The van der Waals surface area contributed by atoms with Gasteiger partial charge in [-0.2, -0.15) is 0 Å². The molecule has 0 spiro atoms. The van der Waals surface area contributed by atoms with Crippen LogP contribution < -0.4 is 4.90 Å². The maximum Gasteiger partial charge on any atom is 0.323 e. The summed E-state index contributed by atoms with van der Waals surface area (Å²) in [6.45, 7) is 0.962. The first-order valence-corrected chi connectivity index (χ1v) is 11.3. The molecular formula is C23H20ClF2N3O3S. The van der Waals surface area contributed by atoms with Crippen molar-refractivity contribution in [3.63, 3.8) is 0 Å². The SMILES string of the molecule is CC1(COC(=O)C(C(=O)N(Cc2cnc(Cl)s2)c2ccccn2)c2ccccc2)CC1(F)F. The van der Waals surface area contributed by atoms with Crippen molar-refractivity contribution in [3.8, 4) is 0 Å². The van der Waals surface area contributed by atoms with Gasteiger partial charge in [-0.25, -0.2) is 18.7 Å². The van der Waals surface area contributed by atoms with E-state index in [0.717, 1.165) is 0 Å². The summed E-state index contributed by atoms with van der Waals surface area (Å²) >= 11 is 7.14. The first-order chi connectivity index (χ1) is 15.7. The van der Waals surface area contributed by atoms with Crippen LogP contribution in [0.5, 0.6) is 0 Å². The zero-order chi connectivity index (χ0) is 23.6. The topological polar surface area (TPSA) is 72.4 Å². The number of alkyl halides is 2. The number of benzene rings is 1. The van der Waals surface area contributed by atoms with Crippen molar-refractivity contribution in [3.05, 3.63) is 75.8 Å². The number of hydrogen-bond acceptors (Lipinski definition) is 6. The number of pyridine rings is 1. The minimum atomic E-state index is -2.88. The van der Waals surface area contributed by atoms with E-state index in [4.69, 9.17) is 16.3 Å². The van der Waals surface area contributed by atoms with Crippen LogP contribution in [0.2, 0.25) is 4.47 Å². The Bertz CT molecular complexity index is 1150. The summed E-state index contributed by atoms with van der Waals surface area (Å²) < 4.78 is 32.8. The van der Waals surface area contributed by atoms with Gasteiger partial charge in [-0.15, -0.1) is 11.3 Å². The molecule has 2 aromatic heterocycles. The van der Waals surface area contributed by atoms with Gasteiger partial charge in [0.1, 0.15) is 12.4 Å². The van der Waals surface area contributed by atoms with E-state index >= 15 is 0 Å². The second-order valence-corrected chi connectivity index (χ2v) is 9.78. The lowest BCUT2D eigenvalue weighted by Gasteiger charge is -2.26. The predicted octanol–water partition coefficient (Wildman–Crippen LogP) is 5.10. The van der Waals surface area contributed by atoms with Gasteiger partial charge in [0, 0.05) is 23.7 Å². The Labute approximate surface area is 198 Å². The van der Waals surface area contributed by atoms with Crippen LogP contribution in [0, 0.1) is 5.41 Å². The summed E-state index contributed by atoms with van der Waals surface area (Å²) in [5, 5.41) is 0. The number of amides is 1. The van der Waals surface area contributed by atoms with E-state index in [1.165, 1.54) is 29.4 Å². The molecule has 1 amide bonds. The monoisotopic (exact) mass is 491 g/mol. The van der Waals surface area contributed by atoms with E-state index < -0.39 is 35.7 Å². The summed E-state index contributed by atoms with van der Waals surface area (Å²) in [7, 11) is 0. The molecule has 0 saturated heterocycles. The Hall–Kier alpha value is -2.91. The van der Waals surface area contributed by atoms with Gasteiger partial charge in [0.15, 0.2) is 10.4 Å². The molecule has 2 heterocycles. The van der Waals surface area contributed by atoms with E-state index in [-0.39, 0.29) is 13.0 Å². The molecule has 0 aliphatic heterocycles. The second-order valence-electron chi connectivity index (χ2n) is 8.09. The number of rotatable bonds is 8. The fourth-order valence-corrected chi connectivity index (χ4v) is 4.36. The summed E-state index contributed by atoms with van der Waals surface area (Å²) in [6.07, 6.45) is 2.71. The van der Waals surface area contributed by atoms with Gasteiger partial charge in [0.2, 0.25) is 5.91 Å². The average molecular weight is 492 g/mol. The predicted molar refractivity (Wildman–Crippen MR) is 120 cm³/mol. The van der Waals surface area contributed by atoms with Crippen molar-refractivity contribution in [2.75, 3.05) is 11.5 Å². The number of ether oxygens (including phenoxy) is 1. The van der Waals surface area contributed by atoms with Crippen LogP contribution in [0.25, 0.3) is 0 Å². The van der Waals surface area contributed by atoms with Crippen LogP contribution in [0.1, 0.15) is 29.7 Å². The second kappa shape index (κ2) is 9.15. The van der Waals surface area contributed by atoms with Crippen LogP contribution in [0.15, 0.2) is 60.9 Å². The average Bonchev–Trinajstić information content (AvgIpc) is 3.08. The first-order valence-electron chi connectivity index (χ1n) is 10.1. The molecule has 1 aliphatic rings. The van der Waals surface area contributed by atoms with Gasteiger partial charge < -0.3 is 4.74 Å². The van der Waals surface area contributed by atoms with Crippen LogP contribution >= 0.6 is 22.9 Å². The highest BCUT2D eigenvalue weighted by Crippen LogP contribution is 2.60. The zero-order valence-corrected chi connectivity index (χ0v) is 19.2. The van der Waals surface area contributed by atoms with Crippen LogP contribution in [0.3, 0.4) is 0 Å². The van der Waals surface area contributed by atoms with E-state index in [9.17, 15) is 18.4 Å². The number of carbonyl (C=O) groups is 2. The zero-order valence-electron chi connectivity index (χ0n) is 17.6. The lowest BCUT2D eigenvalue weighted by Crippen LogP contribution is -2.39. The Balaban J connectivity index is 1.64. The summed E-state index contributed by atoms with van der Waals surface area (Å²) in [4.78, 5) is 37.1. The molecule has 1 saturated carbocycles. The van der Waals surface area contributed by atoms with Crippen LogP contribution in [-0.4, -0.2) is 34.4 Å². The fourth-order valence-electron chi connectivity index (χ4n) is 3.39. The number of hydrogen-bond donors (Lipinski definition) is 0. The number of aromatic nitrogens is 2. The molecule has 2 atom stereocenters. The number of carbonyl (C=O) groups excluding carboxylic acids is 2. The summed E-state index contributed by atoms with van der Waals surface area (Å²) in [5.74, 6) is -5.40. The normalized spacial score (nSPS) is 19.5. The summed E-state index contributed by atoms with van der Waals surface area (Å²) in [6, 6.07) is 13.4. The number of anilines is 1. The van der Waals surface area contributed by atoms with Gasteiger partial charge in [-0.05, 0) is 17.7 Å². The summed E-state index contributed by atoms with van der Waals surface area (Å²) in [5.41, 5.74) is -1.02. The molecule has 0 bridgehead atoms. The molecule has 2 unspecified atom stereocenters. The first kappa shape index (κ1) is 23.3. The van der Waals surface area contributed by atoms with Gasteiger partial charge >= 0.3 is 5.97 Å². The quantitative estimate of drug-likeness (QED) is 0.324. The highest BCUT2D eigenvalue weighted by atomic mass is 35.5. The van der Waals surface area contributed by atoms with E-state index in [1.807, 2.05) is 0 Å². The van der Waals surface area contributed by atoms with Crippen molar-refractivity contribution in [2.45, 2.75) is 31.7 Å². The third-order valence-electron chi connectivity index (χ3n) is 5.55. The van der Waals surface area contributed by atoms with Crippen LogP contribution in [0.4, 0.5) is 14.6 Å². The van der Waals surface area contributed by atoms with E-state index in [1.54, 1.807) is 54.7 Å². The number of nitrogens with zero attached hydrogens (tertiary/aromatic N) is 3. The molecule has 172 valence electrons. The maximum absolute atomic E-state index is 13.8. The van der Waals surface area contributed by atoms with Gasteiger partial charge in [-0.1, -0.05) is 54.9 Å². The molecule has 4 rings (SSSR count). The van der Waals surface area contributed by atoms with Gasteiger partial charge in [0.05, 0.1) is 12.0 Å². The van der Waals surface area contributed by atoms with Crippen molar-refractivity contribution < 1.29 is 23.1 Å². The van der Waals surface area contributed by atoms with Gasteiger partial charge in [0.25, 0.3) is 5.92 Å². The molecular weight excluding hydrogens is 472 g/mol. The molecule has 33 heavy (non-hydrogen) atoms. The van der Waals surface area contributed by atoms with Crippen molar-refractivity contribution >= 4 is 40.6 Å².